The summed E-state index contributed by atoms with van der Waals surface area (Å²) in [7, 11) is 1.58. The highest BCUT2D eigenvalue weighted by Crippen LogP contribution is 2.36. The van der Waals surface area contributed by atoms with Crippen LogP contribution < -0.4 is 24.4 Å². The van der Waals surface area contributed by atoms with E-state index in [9.17, 15) is 4.79 Å². The zero-order chi connectivity index (χ0) is 24.0. The van der Waals surface area contributed by atoms with Gasteiger partial charge in [0.25, 0.3) is 5.91 Å². The highest BCUT2D eigenvalue weighted by atomic mass is 16.6. The minimum Gasteiger partial charge on any atom is -0.493 e. The first-order chi connectivity index (χ1) is 17.2. The molecule has 0 fully saturated rings. The third kappa shape index (κ3) is 5.19. The number of methoxy groups -OCH3 is 1. The predicted molar refractivity (Wildman–Crippen MR) is 133 cm³/mol. The number of carbonyl (C=O) groups excluding carboxylic acids is 1. The number of nitrogens with one attached hydrogen (secondary N) is 1. The quantitative estimate of drug-likeness (QED) is 0.314. The summed E-state index contributed by atoms with van der Waals surface area (Å²) in [5, 5.41) is 6.13. The second kappa shape index (κ2) is 10.2. The van der Waals surface area contributed by atoms with E-state index < -0.39 is 12.0 Å². The zero-order valence-corrected chi connectivity index (χ0v) is 19.1. The molecule has 1 atom stereocenters. The Morgan fingerprint density at radius 1 is 0.971 bits per heavy atom. The van der Waals surface area contributed by atoms with Crippen molar-refractivity contribution in [1.29, 1.82) is 0 Å². The molecule has 1 aliphatic heterocycles. The molecule has 4 aromatic rings. The molecule has 7 heteroatoms. The highest BCUT2D eigenvalue weighted by Gasteiger charge is 2.27. The fourth-order valence-electron chi connectivity index (χ4n) is 3.75. The lowest BCUT2D eigenvalue weighted by atomic mass is 10.1. The van der Waals surface area contributed by atoms with Crippen molar-refractivity contribution in [1.82, 2.24) is 5.43 Å². The van der Waals surface area contributed by atoms with Crippen LogP contribution >= 0.6 is 0 Å². The van der Waals surface area contributed by atoms with Gasteiger partial charge in [0.15, 0.2) is 23.0 Å². The van der Waals surface area contributed by atoms with Gasteiger partial charge in [0.2, 0.25) is 6.10 Å². The summed E-state index contributed by atoms with van der Waals surface area (Å²) in [6, 6.07) is 27.0. The topological polar surface area (TPSA) is 78.4 Å². The molecule has 4 aromatic carbocycles. The van der Waals surface area contributed by atoms with Crippen molar-refractivity contribution in [3.05, 3.63) is 96.1 Å². The molecule has 0 aliphatic carbocycles. The number of ether oxygens (including phenoxy) is 4. The molecule has 0 bridgehead atoms. The molecule has 0 radical (unpaired) electrons. The van der Waals surface area contributed by atoms with Gasteiger partial charge in [-0.3, -0.25) is 4.79 Å². The number of fused-ring (bicyclic) bond motifs is 2. The summed E-state index contributed by atoms with van der Waals surface area (Å²) in [5.41, 5.74) is 4.33. The van der Waals surface area contributed by atoms with Gasteiger partial charge in [-0.2, -0.15) is 5.10 Å². The Kier molecular flexibility index (Phi) is 6.48. The predicted octanol–water partition coefficient (Wildman–Crippen LogP) is 4.72. The second-order valence-electron chi connectivity index (χ2n) is 7.98. The molecule has 1 N–H and O–H groups in total. The molecule has 1 heterocycles. The van der Waals surface area contributed by atoms with E-state index in [1.165, 1.54) is 6.21 Å². The Hall–Kier alpha value is -4.52. The van der Waals surface area contributed by atoms with Crippen LogP contribution in [0.5, 0.6) is 23.0 Å². The third-order valence-electron chi connectivity index (χ3n) is 5.58. The molecule has 0 saturated carbocycles. The molecule has 1 aliphatic rings. The number of rotatable bonds is 7. The van der Waals surface area contributed by atoms with E-state index in [-0.39, 0.29) is 6.61 Å². The van der Waals surface area contributed by atoms with Gasteiger partial charge in [-0.15, -0.1) is 0 Å². The lowest BCUT2D eigenvalue weighted by molar-refractivity contribution is -0.130. The van der Waals surface area contributed by atoms with Crippen molar-refractivity contribution in [2.24, 2.45) is 5.10 Å². The van der Waals surface area contributed by atoms with E-state index in [1.807, 2.05) is 78.9 Å². The molecule has 1 unspecified atom stereocenters. The Bertz CT molecular complexity index is 1370. The number of carbonyl (C=O) groups is 1. The molecule has 0 spiro atoms. The third-order valence-corrected chi connectivity index (χ3v) is 5.58. The first-order valence-electron chi connectivity index (χ1n) is 11.2. The fraction of sp³-hybridized carbons (Fsp3) is 0.143. The Labute approximate surface area is 202 Å². The van der Waals surface area contributed by atoms with Gasteiger partial charge < -0.3 is 18.9 Å². The van der Waals surface area contributed by atoms with Crippen molar-refractivity contribution in [3.63, 3.8) is 0 Å². The van der Waals surface area contributed by atoms with Crippen LogP contribution in [0.2, 0.25) is 0 Å². The van der Waals surface area contributed by atoms with Crippen LogP contribution in [-0.2, 0) is 11.4 Å². The van der Waals surface area contributed by atoms with E-state index >= 15 is 0 Å². The normalized spacial score (nSPS) is 14.6. The van der Waals surface area contributed by atoms with Crippen LogP contribution in [0.4, 0.5) is 0 Å². The molecule has 35 heavy (non-hydrogen) atoms. The van der Waals surface area contributed by atoms with E-state index in [2.05, 4.69) is 10.5 Å². The van der Waals surface area contributed by atoms with E-state index in [0.717, 1.165) is 21.9 Å². The first-order valence-corrected chi connectivity index (χ1v) is 11.2. The molecular weight excluding hydrogens is 444 g/mol. The molecule has 176 valence electrons. The Morgan fingerprint density at radius 3 is 2.49 bits per heavy atom. The van der Waals surface area contributed by atoms with Gasteiger partial charge >= 0.3 is 0 Å². The van der Waals surface area contributed by atoms with Crippen LogP contribution in [0.3, 0.4) is 0 Å². The van der Waals surface area contributed by atoms with Crippen LogP contribution in [0.25, 0.3) is 10.8 Å². The lowest BCUT2D eigenvalue weighted by Gasteiger charge is -2.25. The van der Waals surface area contributed by atoms with E-state index in [0.29, 0.717) is 29.6 Å². The maximum atomic E-state index is 12.6. The fourth-order valence-corrected chi connectivity index (χ4v) is 3.75. The number of hydrazone groups is 1. The SMILES string of the molecule is COc1cc(/C=N\NC(=O)C2COc3cc4ccccc4cc3O2)ccc1OCc1ccccc1. The average Bonchev–Trinajstić information content (AvgIpc) is 2.91. The van der Waals surface area contributed by atoms with Crippen LogP contribution in [0, 0.1) is 0 Å². The van der Waals surface area contributed by atoms with Gasteiger partial charge in [-0.25, -0.2) is 5.43 Å². The summed E-state index contributed by atoms with van der Waals surface area (Å²) in [4.78, 5) is 12.6. The summed E-state index contributed by atoms with van der Waals surface area (Å²) < 4.78 is 23.0. The van der Waals surface area contributed by atoms with Crippen LogP contribution in [-0.4, -0.2) is 31.9 Å². The van der Waals surface area contributed by atoms with Gasteiger partial charge in [-0.05, 0) is 52.2 Å². The second-order valence-corrected chi connectivity index (χ2v) is 7.98. The molecular formula is C28H24N2O5. The Morgan fingerprint density at radius 2 is 1.71 bits per heavy atom. The number of nitrogens with zero attached hydrogens (tertiary/aromatic N) is 1. The van der Waals surface area contributed by atoms with Gasteiger partial charge in [0, 0.05) is 0 Å². The summed E-state index contributed by atoms with van der Waals surface area (Å²) in [5.74, 6) is 1.96. The maximum absolute atomic E-state index is 12.6. The summed E-state index contributed by atoms with van der Waals surface area (Å²) in [6.07, 6.45) is 0.733. The van der Waals surface area contributed by atoms with Gasteiger partial charge in [-0.1, -0.05) is 54.6 Å². The van der Waals surface area contributed by atoms with Crippen molar-refractivity contribution in [3.8, 4) is 23.0 Å². The Balaban J connectivity index is 1.19. The standard InChI is InChI=1S/C28H24N2O5/c1-32-24-13-20(11-12-23(24)33-17-19-7-3-2-4-8-19)16-29-30-28(31)27-18-34-25-14-21-9-5-6-10-22(21)15-26(25)35-27/h2-16,27H,17-18H2,1H3,(H,30,31)/b29-16-. The number of benzene rings is 4. The monoisotopic (exact) mass is 468 g/mol. The van der Waals surface area contributed by atoms with E-state index in [1.54, 1.807) is 13.2 Å². The molecule has 0 saturated heterocycles. The largest absolute Gasteiger partial charge is 0.493 e. The van der Waals surface area contributed by atoms with Crippen molar-refractivity contribution < 1.29 is 23.7 Å². The van der Waals surface area contributed by atoms with Crippen LogP contribution in [0.1, 0.15) is 11.1 Å². The minimum atomic E-state index is -0.802. The maximum Gasteiger partial charge on any atom is 0.284 e. The first kappa shape index (κ1) is 22.3. The van der Waals surface area contributed by atoms with Crippen molar-refractivity contribution in [2.45, 2.75) is 12.7 Å². The summed E-state index contributed by atoms with van der Waals surface area (Å²) >= 11 is 0. The van der Waals surface area contributed by atoms with Crippen molar-refractivity contribution in [2.75, 3.05) is 13.7 Å². The molecule has 7 nitrogen and oxygen atoms in total. The molecule has 1 amide bonds. The molecule has 0 aromatic heterocycles. The van der Waals surface area contributed by atoms with Gasteiger partial charge in [0.1, 0.15) is 13.2 Å². The average molecular weight is 469 g/mol. The zero-order valence-electron chi connectivity index (χ0n) is 19.1. The lowest BCUT2D eigenvalue weighted by Crippen LogP contribution is -2.42. The number of amides is 1. The smallest absolute Gasteiger partial charge is 0.284 e. The van der Waals surface area contributed by atoms with E-state index in [4.69, 9.17) is 18.9 Å². The minimum absolute atomic E-state index is 0.105. The summed E-state index contributed by atoms with van der Waals surface area (Å²) in [6.45, 7) is 0.539. The highest BCUT2D eigenvalue weighted by molar-refractivity contribution is 5.88. The van der Waals surface area contributed by atoms with Gasteiger partial charge in [0.05, 0.1) is 13.3 Å². The molecule has 5 rings (SSSR count). The number of hydrogen-bond donors (Lipinski definition) is 1. The van der Waals surface area contributed by atoms with Crippen molar-refractivity contribution >= 4 is 22.9 Å². The van der Waals surface area contributed by atoms with Crippen LogP contribution in [0.15, 0.2) is 90.0 Å². The number of hydrogen-bond acceptors (Lipinski definition) is 6.